The van der Waals surface area contributed by atoms with E-state index in [0.29, 0.717) is 12.1 Å². The molecule has 7 nitrogen and oxygen atoms in total. The highest BCUT2D eigenvalue weighted by molar-refractivity contribution is 7.12. The Morgan fingerprint density at radius 2 is 1.90 bits per heavy atom. The van der Waals surface area contributed by atoms with E-state index in [1.807, 2.05) is 53.0 Å². The average Bonchev–Trinajstić information content (AvgIpc) is 3.53. The second-order valence-corrected chi connectivity index (χ2v) is 9.07. The van der Waals surface area contributed by atoms with Crippen molar-refractivity contribution in [2.75, 3.05) is 31.1 Å². The molecule has 0 spiro atoms. The zero-order valence-electron chi connectivity index (χ0n) is 17.4. The van der Waals surface area contributed by atoms with E-state index in [-0.39, 0.29) is 5.91 Å². The van der Waals surface area contributed by atoms with Gasteiger partial charge in [0.15, 0.2) is 0 Å². The Morgan fingerprint density at radius 3 is 2.68 bits per heavy atom. The van der Waals surface area contributed by atoms with E-state index in [0.717, 1.165) is 67.5 Å². The molecule has 2 aliphatic rings. The number of anilines is 1. The number of likely N-dealkylation sites (tertiary alicyclic amines) is 1. The number of hydrogen-bond acceptors (Lipinski definition) is 7. The lowest BCUT2D eigenvalue weighted by atomic mass is 10.0. The molecule has 0 aliphatic carbocycles. The Balaban J connectivity index is 1.14. The van der Waals surface area contributed by atoms with E-state index in [9.17, 15) is 4.79 Å². The molecule has 5 rings (SSSR count). The third kappa shape index (κ3) is 4.60. The normalized spacial score (nSPS) is 19.7. The van der Waals surface area contributed by atoms with Gasteiger partial charge in [-0.2, -0.15) is 0 Å². The summed E-state index contributed by atoms with van der Waals surface area (Å²) in [6, 6.07) is 10.6. The van der Waals surface area contributed by atoms with Gasteiger partial charge in [0, 0.05) is 62.4 Å². The molecule has 2 fully saturated rings. The van der Waals surface area contributed by atoms with Crippen molar-refractivity contribution in [3.05, 3.63) is 59.2 Å². The predicted molar refractivity (Wildman–Crippen MR) is 122 cm³/mol. The number of aromatic nitrogens is 3. The maximum Gasteiger partial charge on any atom is 0.263 e. The third-order valence-corrected chi connectivity index (χ3v) is 6.91. The molecule has 1 amide bonds. The van der Waals surface area contributed by atoms with Crippen LogP contribution in [0.1, 0.15) is 28.9 Å². The van der Waals surface area contributed by atoms with Crippen LogP contribution >= 0.6 is 11.3 Å². The summed E-state index contributed by atoms with van der Waals surface area (Å²) in [7, 11) is 0. The molecule has 5 heterocycles. The topological polar surface area (TPSA) is 74.2 Å². The summed E-state index contributed by atoms with van der Waals surface area (Å²) in [5.74, 6) is 0.952. The summed E-state index contributed by atoms with van der Waals surface area (Å²) in [5.41, 5.74) is 1.90. The van der Waals surface area contributed by atoms with Gasteiger partial charge in [-0.25, -0.2) is 9.97 Å². The second kappa shape index (κ2) is 9.11. The first-order valence-electron chi connectivity index (χ1n) is 10.8. The molecular weight excluding hydrogens is 408 g/mol. The van der Waals surface area contributed by atoms with E-state index in [1.165, 1.54) is 11.3 Å². The number of nitrogens with zero attached hydrogens (tertiary/aromatic N) is 5. The molecule has 31 heavy (non-hydrogen) atoms. The molecule has 0 saturated carbocycles. The van der Waals surface area contributed by atoms with Gasteiger partial charge in [0.05, 0.1) is 10.6 Å². The lowest BCUT2D eigenvalue weighted by Crippen LogP contribution is -2.48. The summed E-state index contributed by atoms with van der Waals surface area (Å²) < 4.78 is 0. The lowest BCUT2D eigenvalue weighted by molar-refractivity contribution is 0.0707. The zero-order chi connectivity index (χ0) is 21.0. The fourth-order valence-corrected chi connectivity index (χ4v) is 5.08. The molecule has 8 heteroatoms. The first-order valence-corrected chi connectivity index (χ1v) is 11.7. The second-order valence-electron chi connectivity index (χ2n) is 8.13. The van der Waals surface area contributed by atoms with Gasteiger partial charge in [0.1, 0.15) is 0 Å². The van der Waals surface area contributed by atoms with Gasteiger partial charge in [-0.1, -0.05) is 6.07 Å². The number of amides is 1. The average molecular weight is 435 g/mol. The molecule has 2 saturated heterocycles. The lowest BCUT2D eigenvalue weighted by Gasteiger charge is -2.33. The minimum absolute atomic E-state index is 0.172. The summed E-state index contributed by atoms with van der Waals surface area (Å²) in [4.78, 5) is 31.1. The zero-order valence-corrected chi connectivity index (χ0v) is 18.2. The molecule has 1 N–H and O–H groups in total. The van der Waals surface area contributed by atoms with E-state index in [4.69, 9.17) is 4.98 Å². The van der Waals surface area contributed by atoms with Gasteiger partial charge >= 0.3 is 0 Å². The van der Waals surface area contributed by atoms with Crippen LogP contribution in [0.15, 0.2) is 54.3 Å². The van der Waals surface area contributed by atoms with Gasteiger partial charge < -0.3 is 15.1 Å². The molecule has 3 aromatic rings. The Labute approximate surface area is 186 Å². The minimum atomic E-state index is 0.172. The van der Waals surface area contributed by atoms with Crippen LogP contribution in [0, 0.1) is 0 Å². The van der Waals surface area contributed by atoms with Crippen molar-refractivity contribution in [3.63, 3.8) is 0 Å². The smallest absolute Gasteiger partial charge is 0.263 e. The SMILES string of the molecule is O=C(c1cccs1)N1CCC(NC2CCN(c3nccc(-c4cccnc4)n3)C2)CC1. The molecule has 1 atom stereocenters. The van der Waals surface area contributed by atoms with E-state index < -0.39 is 0 Å². The molecular formula is C23H26N6OS. The van der Waals surface area contributed by atoms with E-state index >= 15 is 0 Å². The van der Waals surface area contributed by atoms with Crippen molar-refractivity contribution in [1.82, 2.24) is 25.2 Å². The highest BCUT2D eigenvalue weighted by atomic mass is 32.1. The van der Waals surface area contributed by atoms with Gasteiger partial charge in [0.25, 0.3) is 5.91 Å². The fraction of sp³-hybridized carbons (Fsp3) is 0.391. The fourth-order valence-electron chi connectivity index (χ4n) is 4.39. The van der Waals surface area contributed by atoms with Crippen LogP contribution in [0.25, 0.3) is 11.3 Å². The highest BCUT2D eigenvalue weighted by Gasteiger charge is 2.29. The summed E-state index contributed by atoms with van der Waals surface area (Å²) in [6.45, 7) is 3.50. The van der Waals surface area contributed by atoms with Crippen molar-refractivity contribution < 1.29 is 4.79 Å². The number of thiophene rings is 1. The standard InChI is InChI=1S/C23H26N6OS/c30-22(21-4-2-14-31-21)28-11-6-18(7-12-28)26-19-8-13-29(16-19)23-25-10-5-20(27-23)17-3-1-9-24-15-17/h1-5,9-10,14-15,18-19,26H,6-8,11-13,16H2. The first kappa shape index (κ1) is 20.1. The van der Waals surface area contributed by atoms with Crippen LogP contribution < -0.4 is 10.2 Å². The maximum absolute atomic E-state index is 12.5. The third-order valence-electron chi connectivity index (χ3n) is 6.06. The highest BCUT2D eigenvalue weighted by Crippen LogP contribution is 2.22. The number of rotatable bonds is 5. The van der Waals surface area contributed by atoms with Gasteiger partial charge in [0.2, 0.25) is 5.95 Å². The monoisotopic (exact) mass is 434 g/mol. The van der Waals surface area contributed by atoms with Gasteiger partial charge in [-0.05, 0) is 48.9 Å². The molecule has 0 aromatic carbocycles. The predicted octanol–water partition coefficient (Wildman–Crippen LogP) is 3.07. The minimum Gasteiger partial charge on any atom is -0.339 e. The Bertz CT molecular complexity index is 1000. The molecule has 2 aliphatic heterocycles. The van der Waals surface area contributed by atoms with Crippen molar-refractivity contribution in [1.29, 1.82) is 0 Å². The van der Waals surface area contributed by atoms with E-state index in [2.05, 4.69) is 20.2 Å². The Kier molecular flexibility index (Phi) is 5.90. The Hall–Kier alpha value is -2.84. The molecule has 1 unspecified atom stereocenters. The van der Waals surface area contributed by atoms with Crippen LogP contribution in [0.5, 0.6) is 0 Å². The summed E-state index contributed by atoms with van der Waals surface area (Å²) in [5, 5.41) is 5.78. The number of carbonyl (C=O) groups excluding carboxylic acids is 1. The molecule has 0 radical (unpaired) electrons. The number of piperidine rings is 1. The summed E-state index contributed by atoms with van der Waals surface area (Å²) in [6.07, 6.45) is 8.50. The largest absolute Gasteiger partial charge is 0.339 e. The quantitative estimate of drug-likeness (QED) is 0.665. The maximum atomic E-state index is 12.5. The van der Waals surface area contributed by atoms with Crippen molar-refractivity contribution in [3.8, 4) is 11.3 Å². The van der Waals surface area contributed by atoms with E-state index in [1.54, 1.807) is 6.20 Å². The Morgan fingerprint density at radius 1 is 1.03 bits per heavy atom. The van der Waals surface area contributed by atoms with Crippen molar-refractivity contribution >= 4 is 23.2 Å². The van der Waals surface area contributed by atoms with Crippen molar-refractivity contribution in [2.45, 2.75) is 31.3 Å². The van der Waals surface area contributed by atoms with Crippen LogP contribution in [0.4, 0.5) is 5.95 Å². The van der Waals surface area contributed by atoms with Crippen LogP contribution in [0.2, 0.25) is 0 Å². The first-order chi connectivity index (χ1) is 15.3. The van der Waals surface area contributed by atoms with Gasteiger partial charge in [-0.15, -0.1) is 11.3 Å². The summed E-state index contributed by atoms with van der Waals surface area (Å²) >= 11 is 1.52. The molecule has 160 valence electrons. The number of nitrogens with one attached hydrogen (secondary N) is 1. The van der Waals surface area contributed by atoms with Crippen LogP contribution in [-0.2, 0) is 0 Å². The van der Waals surface area contributed by atoms with Gasteiger partial charge in [-0.3, -0.25) is 9.78 Å². The van der Waals surface area contributed by atoms with Crippen molar-refractivity contribution in [2.24, 2.45) is 0 Å². The molecule has 0 bridgehead atoms. The number of carbonyl (C=O) groups is 1. The number of pyridine rings is 1. The van der Waals surface area contributed by atoms with Crippen LogP contribution in [-0.4, -0.2) is 64.0 Å². The molecule has 3 aromatic heterocycles. The van der Waals surface area contributed by atoms with Crippen LogP contribution in [0.3, 0.4) is 0 Å². The number of hydrogen-bond donors (Lipinski definition) is 1.